The van der Waals surface area contributed by atoms with Gasteiger partial charge in [-0.3, -0.25) is 5.10 Å². The second kappa shape index (κ2) is 8.57. The van der Waals surface area contributed by atoms with Crippen molar-refractivity contribution in [1.82, 2.24) is 25.3 Å². The Hall–Kier alpha value is -3.09. The highest BCUT2D eigenvalue weighted by Gasteiger charge is 2.19. The third-order valence-electron chi connectivity index (χ3n) is 5.76. The lowest BCUT2D eigenvalue weighted by molar-refractivity contribution is 0.414. The summed E-state index contributed by atoms with van der Waals surface area (Å²) in [6, 6.07) is 15.7. The van der Waals surface area contributed by atoms with Gasteiger partial charge in [0.2, 0.25) is 0 Å². The fourth-order valence-corrected chi connectivity index (χ4v) is 4.36. The molecule has 0 saturated heterocycles. The standard InChI is InChI=1S/C24H24ClN5O/c1-31-18-11-9-17(10-12-18)30-15-16(24(29-30)19-5-2-3-7-21(19)25)13-26-14-23-20-6-4-8-22(20)27-28-23/h2-3,5,7,9-12,15,26H,4,6,8,13-14H2,1H3,(H,27,28). The molecule has 0 unspecified atom stereocenters. The Morgan fingerprint density at radius 2 is 1.94 bits per heavy atom. The average molecular weight is 434 g/mol. The molecule has 31 heavy (non-hydrogen) atoms. The van der Waals surface area contributed by atoms with E-state index in [-0.39, 0.29) is 0 Å². The number of aryl methyl sites for hydroxylation is 1. The predicted octanol–water partition coefficient (Wildman–Crippen LogP) is 4.70. The summed E-state index contributed by atoms with van der Waals surface area (Å²) in [4.78, 5) is 0. The zero-order chi connectivity index (χ0) is 21.2. The molecule has 158 valence electrons. The van der Waals surface area contributed by atoms with Crippen LogP contribution in [0.3, 0.4) is 0 Å². The summed E-state index contributed by atoms with van der Waals surface area (Å²) in [5.41, 5.74) is 7.64. The summed E-state index contributed by atoms with van der Waals surface area (Å²) in [7, 11) is 1.66. The minimum atomic E-state index is 0.665. The molecule has 7 heteroatoms. The van der Waals surface area contributed by atoms with Gasteiger partial charge in [-0.05, 0) is 55.2 Å². The molecule has 2 heterocycles. The number of methoxy groups -OCH3 is 1. The first kappa shape index (κ1) is 19.8. The van der Waals surface area contributed by atoms with Gasteiger partial charge < -0.3 is 10.1 Å². The molecule has 0 bridgehead atoms. The third kappa shape index (κ3) is 3.96. The van der Waals surface area contributed by atoms with E-state index < -0.39 is 0 Å². The summed E-state index contributed by atoms with van der Waals surface area (Å²) in [6.45, 7) is 1.39. The van der Waals surface area contributed by atoms with Crippen LogP contribution in [0.25, 0.3) is 16.9 Å². The summed E-state index contributed by atoms with van der Waals surface area (Å²) < 4.78 is 7.16. The first-order chi connectivity index (χ1) is 15.2. The number of H-pyrrole nitrogens is 1. The van der Waals surface area contributed by atoms with Crippen LogP contribution in [0.4, 0.5) is 0 Å². The van der Waals surface area contributed by atoms with Gasteiger partial charge in [-0.2, -0.15) is 10.2 Å². The van der Waals surface area contributed by atoms with Crippen LogP contribution in [-0.2, 0) is 25.9 Å². The van der Waals surface area contributed by atoms with Gasteiger partial charge in [0.1, 0.15) is 5.75 Å². The van der Waals surface area contributed by atoms with Gasteiger partial charge in [0.05, 0.1) is 29.2 Å². The van der Waals surface area contributed by atoms with Crippen molar-refractivity contribution in [3.8, 4) is 22.7 Å². The van der Waals surface area contributed by atoms with E-state index in [2.05, 4.69) is 21.7 Å². The highest BCUT2D eigenvalue weighted by molar-refractivity contribution is 6.33. The quantitative estimate of drug-likeness (QED) is 0.443. The Labute approximate surface area is 186 Å². The van der Waals surface area contributed by atoms with E-state index >= 15 is 0 Å². The van der Waals surface area contributed by atoms with Crippen molar-refractivity contribution in [1.29, 1.82) is 0 Å². The maximum absolute atomic E-state index is 6.50. The van der Waals surface area contributed by atoms with Crippen molar-refractivity contribution < 1.29 is 4.74 Å². The second-order valence-corrected chi connectivity index (χ2v) is 8.12. The van der Waals surface area contributed by atoms with Crippen molar-refractivity contribution in [3.05, 3.63) is 82.3 Å². The van der Waals surface area contributed by atoms with Crippen molar-refractivity contribution in [2.75, 3.05) is 7.11 Å². The van der Waals surface area contributed by atoms with Gasteiger partial charge in [-0.25, -0.2) is 4.68 Å². The molecule has 2 aromatic heterocycles. The van der Waals surface area contributed by atoms with E-state index in [1.165, 1.54) is 17.7 Å². The lowest BCUT2D eigenvalue weighted by Crippen LogP contribution is -2.14. The van der Waals surface area contributed by atoms with E-state index in [1.54, 1.807) is 7.11 Å². The molecular formula is C24H24ClN5O. The second-order valence-electron chi connectivity index (χ2n) is 7.71. The largest absolute Gasteiger partial charge is 0.497 e. The number of nitrogens with one attached hydrogen (secondary N) is 2. The van der Waals surface area contributed by atoms with E-state index in [4.69, 9.17) is 21.4 Å². The molecule has 1 aliphatic carbocycles. The zero-order valence-electron chi connectivity index (χ0n) is 17.4. The van der Waals surface area contributed by atoms with Crippen LogP contribution in [-0.4, -0.2) is 27.1 Å². The van der Waals surface area contributed by atoms with Crippen molar-refractivity contribution >= 4 is 11.6 Å². The summed E-state index contributed by atoms with van der Waals surface area (Å²) >= 11 is 6.50. The SMILES string of the molecule is COc1ccc(-n2cc(CNCc3n[nH]c4c3CCC4)c(-c3ccccc3Cl)n2)cc1. The molecule has 2 N–H and O–H groups in total. The fourth-order valence-electron chi connectivity index (χ4n) is 4.14. The Bertz CT molecular complexity index is 1200. The molecular weight excluding hydrogens is 410 g/mol. The van der Waals surface area contributed by atoms with Crippen LogP contribution in [0.5, 0.6) is 5.75 Å². The zero-order valence-corrected chi connectivity index (χ0v) is 18.1. The molecule has 0 amide bonds. The van der Waals surface area contributed by atoms with E-state index in [0.29, 0.717) is 11.6 Å². The van der Waals surface area contributed by atoms with Crippen molar-refractivity contribution in [3.63, 3.8) is 0 Å². The normalized spacial score (nSPS) is 12.8. The summed E-state index contributed by atoms with van der Waals surface area (Å²) in [5.74, 6) is 0.815. The number of nitrogens with zero attached hydrogens (tertiary/aromatic N) is 3. The van der Waals surface area contributed by atoms with Crippen LogP contribution in [0.2, 0.25) is 5.02 Å². The van der Waals surface area contributed by atoms with Gasteiger partial charge in [0.25, 0.3) is 0 Å². The number of ether oxygens (including phenoxy) is 1. The van der Waals surface area contributed by atoms with Crippen LogP contribution in [0.1, 0.15) is 28.9 Å². The van der Waals surface area contributed by atoms with Crippen LogP contribution in [0, 0.1) is 0 Å². The minimum Gasteiger partial charge on any atom is -0.497 e. The smallest absolute Gasteiger partial charge is 0.119 e. The third-order valence-corrected chi connectivity index (χ3v) is 6.09. The number of fused-ring (bicyclic) bond motifs is 1. The number of rotatable bonds is 7. The Morgan fingerprint density at radius 3 is 2.74 bits per heavy atom. The number of hydrogen-bond acceptors (Lipinski definition) is 4. The maximum Gasteiger partial charge on any atom is 0.119 e. The highest BCUT2D eigenvalue weighted by Crippen LogP contribution is 2.30. The lowest BCUT2D eigenvalue weighted by Gasteiger charge is -2.06. The number of benzene rings is 2. The van der Waals surface area contributed by atoms with Crippen LogP contribution >= 0.6 is 11.6 Å². The molecule has 0 saturated carbocycles. The summed E-state index contributed by atoms with van der Waals surface area (Å²) in [5, 5.41) is 16.8. The molecule has 4 aromatic rings. The Kier molecular flexibility index (Phi) is 5.49. The number of aromatic nitrogens is 4. The maximum atomic E-state index is 6.50. The average Bonchev–Trinajstić information content (AvgIpc) is 3.51. The molecule has 0 radical (unpaired) electrons. The van der Waals surface area contributed by atoms with Crippen molar-refractivity contribution in [2.24, 2.45) is 0 Å². The molecule has 0 atom stereocenters. The first-order valence-corrected chi connectivity index (χ1v) is 10.8. The minimum absolute atomic E-state index is 0.665. The molecule has 0 fully saturated rings. The van der Waals surface area contributed by atoms with E-state index in [9.17, 15) is 0 Å². The molecule has 6 nitrogen and oxygen atoms in total. The van der Waals surface area contributed by atoms with Crippen molar-refractivity contribution in [2.45, 2.75) is 32.4 Å². The Balaban J connectivity index is 1.42. The Morgan fingerprint density at radius 1 is 1.10 bits per heavy atom. The molecule has 0 spiro atoms. The van der Waals surface area contributed by atoms with Gasteiger partial charge >= 0.3 is 0 Å². The molecule has 0 aliphatic heterocycles. The number of aromatic amines is 1. The number of halogens is 1. The first-order valence-electron chi connectivity index (χ1n) is 10.5. The molecule has 1 aliphatic rings. The monoisotopic (exact) mass is 433 g/mol. The lowest BCUT2D eigenvalue weighted by atomic mass is 10.1. The topological polar surface area (TPSA) is 67.8 Å². The fraction of sp³-hybridized carbons (Fsp3) is 0.250. The van der Waals surface area contributed by atoms with Gasteiger partial charge in [-0.15, -0.1) is 0 Å². The van der Waals surface area contributed by atoms with E-state index in [0.717, 1.165) is 53.3 Å². The number of hydrogen-bond donors (Lipinski definition) is 2. The van der Waals surface area contributed by atoms with E-state index in [1.807, 2.05) is 53.2 Å². The highest BCUT2D eigenvalue weighted by atomic mass is 35.5. The van der Waals surface area contributed by atoms with Gasteiger partial charge in [-0.1, -0.05) is 29.8 Å². The summed E-state index contributed by atoms with van der Waals surface area (Å²) in [6.07, 6.45) is 5.49. The van der Waals surface area contributed by atoms with Crippen LogP contribution in [0.15, 0.2) is 54.7 Å². The van der Waals surface area contributed by atoms with Gasteiger partial charge in [0.15, 0.2) is 0 Å². The predicted molar refractivity (Wildman–Crippen MR) is 122 cm³/mol. The molecule has 2 aromatic carbocycles. The molecule has 5 rings (SSSR count). The van der Waals surface area contributed by atoms with Crippen LogP contribution < -0.4 is 10.1 Å². The van der Waals surface area contributed by atoms with Gasteiger partial charge in [0, 0.05) is 36.1 Å².